The lowest BCUT2D eigenvalue weighted by Gasteiger charge is -2.25. The van der Waals surface area contributed by atoms with Crippen molar-refractivity contribution in [1.82, 2.24) is 9.80 Å². The zero-order valence-electron chi connectivity index (χ0n) is 13.1. The third kappa shape index (κ3) is 5.02. The number of likely N-dealkylation sites (tertiary alicyclic amines) is 1. The third-order valence-corrected chi connectivity index (χ3v) is 3.91. The van der Waals surface area contributed by atoms with Crippen molar-refractivity contribution in [2.75, 3.05) is 40.8 Å². The molecule has 0 saturated carbocycles. The average molecular weight is 351 g/mol. The fourth-order valence-corrected chi connectivity index (χ4v) is 2.91. The van der Waals surface area contributed by atoms with Crippen molar-refractivity contribution in [3.05, 3.63) is 29.8 Å². The van der Waals surface area contributed by atoms with Gasteiger partial charge in [-0.15, -0.1) is 24.8 Å². The number of aliphatic carboxylic acids is 1. The molecule has 0 spiro atoms. The van der Waals surface area contributed by atoms with Crippen LogP contribution in [0.5, 0.6) is 5.75 Å². The summed E-state index contributed by atoms with van der Waals surface area (Å²) < 4.78 is 5.28. The number of carboxylic acids is 1. The van der Waals surface area contributed by atoms with E-state index in [9.17, 15) is 4.79 Å². The summed E-state index contributed by atoms with van der Waals surface area (Å²) in [5, 5.41) is 8.96. The number of carboxylic acid groups (broad SMARTS) is 1. The first-order valence-corrected chi connectivity index (χ1v) is 6.75. The quantitative estimate of drug-likeness (QED) is 0.879. The zero-order chi connectivity index (χ0) is 14.7. The Balaban J connectivity index is 0.00000220. The predicted molar refractivity (Wildman–Crippen MR) is 91.8 cm³/mol. The van der Waals surface area contributed by atoms with Crippen molar-refractivity contribution < 1.29 is 14.6 Å². The Morgan fingerprint density at radius 1 is 1.36 bits per heavy atom. The van der Waals surface area contributed by atoms with Crippen molar-refractivity contribution >= 4 is 30.8 Å². The SMILES string of the molecule is COc1cccc([C@H]2CN(CC(=O)O)C[C@@H]2N(C)C)c1.Cl.Cl. The first-order valence-electron chi connectivity index (χ1n) is 6.75. The largest absolute Gasteiger partial charge is 0.497 e. The van der Waals surface area contributed by atoms with Crippen molar-refractivity contribution in [2.45, 2.75) is 12.0 Å². The number of hydrogen-bond acceptors (Lipinski definition) is 4. The number of likely N-dealkylation sites (N-methyl/N-ethyl adjacent to an activating group) is 1. The standard InChI is InChI=1S/C15H22N2O3.2ClH/c1-16(2)14-9-17(10-15(18)19)8-13(14)11-5-4-6-12(7-11)20-3;;/h4-7,13-14H,8-10H2,1-3H3,(H,18,19);2*1H/t13-,14+;;/m1../s1. The molecule has 0 aromatic heterocycles. The highest BCUT2D eigenvalue weighted by molar-refractivity contribution is 5.85. The van der Waals surface area contributed by atoms with E-state index in [1.807, 2.05) is 37.2 Å². The third-order valence-electron chi connectivity index (χ3n) is 3.91. The summed E-state index contributed by atoms with van der Waals surface area (Å²) in [7, 11) is 5.75. The molecule has 1 saturated heterocycles. The summed E-state index contributed by atoms with van der Waals surface area (Å²) in [6.07, 6.45) is 0. The molecule has 0 bridgehead atoms. The van der Waals surface area contributed by atoms with Crippen molar-refractivity contribution in [3.8, 4) is 5.75 Å². The van der Waals surface area contributed by atoms with E-state index in [2.05, 4.69) is 11.0 Å². The molecule has 1 fully saturated rings. The van der Waals surface area contributed by atoms with Gasteiger partial charge in [0, 0.05) is 25.0 Å². The maximum atomic E-state index is 10.9. The lowest BCUT2D eigenvalue weighted by molar-refractivity contribution is -0.138. The molecule has 2 rings (SSSR count). The molecule has 1 aliphatic heterocycles. The maximum Gasteiger partial charge on any atom is 0.317 e. The zero-order valence-corrected chi connectivity index (χ0v) is 14.7. The second-order valence-electron chi connectivity index (χ2n) is 5.50. The lowest BCUT2D eigenvalue weighted by Crippen LogP contribution is -2.35. The number of halogens is 2. The number of rotatable bonds is 5. The van der Waals surface area contributed by atoms with E-state index in [4.69, 9.17) is 9.84 Å². The van der Waals surface area contributed by atoms with Crippen LogP contribution in [0.2, 0.25) is 0 Å². The summed E-state index contributed by atoms with van der Waals surface area (Å²) >= 11 is 0. The molecular weight excluding hydrogens is 327 g/mol. The minimum absolute atomic E-state index is 0. The fraction of sp³-hybridized carbons (Fsp3) is 0.533. The minimum atomic E-state index is -0.770. The molecule has 22 heavy (non-hydrogen) atoms. The van der Waals surface area contributed by atoms with E-state index in [1.54, 1.807) is 7.11 Å². The lowest BCUT2D eigenvalue weighted by atomic mass is 9.93. The van der Waals surface area contributed by atoms with Gasteiger partial charge in [0.25, 0.3) is 0 Å². The second kappa shape index (κ2) is 9.20. The van der Waals surface area contributed by atoms with E-state index >= 15 is 0 Å². The number of hydrogen-bond donors (Lipinski definition) is 1. The molecule has 1 heterocycles. The number of ether oxygens (including phenoxy) is 1. The van der Waals surface area contributed by atoms with Gasteiger partial charge in [-0.2, -0.15) is 0 Å². The van der Waals surface area contributed by atoms with Gasteiger partial charge in [0.1, 0.15) is 5.75 Å². The van der Waals surface area contributed by atoms with Crippen LogP contribution in [-0.2, 0) is 4.79 Å². The maximum absolute atomic E-state index is 10.9. The predicted octanol–water partition coefficient (Wildman–Crippen LogP) is 1.95. The first kappa shape index (κ1) is 21.0. The van der Waals surface area contributed by atoms with Crippen LogP contribution in [0.4, 0.5) is 0 Å². The van der Waals surface area contributed by atoms with E-state index < -0.39 is 5.97 Å². The Hall–Kier alpha value is -1.01. The highest BCUT2D eigenvalue weighted by Gasteiger charge is 2.35. The Kier molecular flexibility index (Phi) is 8.78. The average Bonchev–Trinajstić information content (AvgIpc) is 2.82. The van der Waals surface area contributed by atoms with Crippen molar-refractivity contribution in [1.29, 1.82) is 0 Å². The molecule has 0 radical (unpaired) electrons. The van der Waals surface area contributed by atoms with Crippen LogP contribution >= 0.6 is 24.8 Å². The molecule has 1 N–H and O–H groups in total. The normalized spacial score (nSPS) is 21.1. The van der Waals surface area contributed by atoms with Crippen LogP contribution in [0.15, 0.2) is 24.3 Å². The molecule has 1 aliphatic rings. The molecular formula is C15H24Cl2N2O3. The molecule has 0 aliphatic carbocycles. The Labute approximate surface area is 144 Å². The fourth-order valence-electron chi connectivity index (χ4n) is 2.91. The van der Waals surface area contributed by atoms with E-state index in [1.165, 1.54) is 5.56 Å². The monoisotopic (exact) mass is 350 g/mol. The molecule has 1 aromatic carbocycles. The number of methoxy groups -OCH3 is 1. The van der Waals surface area contributed by atoms with Crippen LogP contribution in [0.3, 0.4) is 0 Å². The summed E-state index contributed by atoms with van der Waals surface area (Å²) in [5.41, 5.74) is 1.20. The van der Waals surface area contributed by atoms with Gasteiger partial charge in [-0.3, -0.25) is 9.69 Å². The molecule has 2 atom stereocenters. The van der Waals surface area contributed by atoms with Gasteiger partial charge >= 0.3 is 5.97 Å². The van der Waals surface area contributed by atoms with Gasteiger partial charge in [0.2, 0.25) is 0 Å². The summed E-state index contributed by atoms with van der Waals surface area (Å²) in [5.74, 6) is 0.380. The summed E-state index contributed by atoms with van der Waals surface area (Å²) in [6, 6.07) is 8.37. The molecule has 7 heteroatoms. The molecule has 1 aromatic rings. The molecule has 5 nitrogen and oxygen atoms in total. The van der Waals surface area contributed by atoms with E-state index in [0.717, 1.165) is 18.8 Å². The Bertz CT molecular complexity index is 486. The topological polar surface area (TPSA) is 53.0 Å². The van der Waals surface area contributed by atoms with E-state index in [-0.39, 0.29) is 31.4 Å². The molecule has 0 unspecified atom stereocenters. The highest BCUT2D eigenvalue weighted by atomic mass is 35.5. The molecule has 126 valence electrons. The van der Waals surface area contributed by atoms with E-state index in [0.29, 0.717) is 12.0 Å². The number of carbonyl (C=O) groups is 1. The van der Waals surface area contributed by atoms with Crippen LogP contribution in [0, 0.1) is 0 Å². The first-order chi connectivity index (χ1) is 9.51. The Morgan fingerprint density at radius 2 is 2.05 bits per heavy atom. The Morgan fingerprint density at radius 3 is 2.59 bits per heavy atom. The van der Waals surface area contributed by atoms with Gasteiger partial charge in [-0.05, 0) is 31.8 Å². The van der Waals surface area contributed by atoms with Gasteiger partial charge < -0.3 is 14.7 Å². The van der Waals surface area contributed by atoms with Gasteiger partial charge in [-0.1, -0.05) is 12.1 Å². The van der Waals surface area contributed by atoms with Crippen molar-refractivity contribution in [2.24, 2.45) is 0 Å². The second-order valence-corrected chi connectivity index (χ2v) is 5.50. The van der Waals surface area contributed by atoms with Gasteiger partial charge in [-0.25, -0.2) is 0 Å². The number of benzene rings is 1. The smallest absolute Gasteiger partial charge is 0.317 e. The van der Waals surface area contributed by atoms with Crippen LogP contribution in [0.1, 0.15) is 11.5 Å². The summed E-state index contributed by atoms with van der Waals surface area (Å²) in [6.45, 7) is 1.65. The van der Waals surface area contributed by atoms with Crippen LogP contribution < -0.4 is 4.74 Å². The molecule has 0 amide bonds. The van der Waals surface area contributed by atoms with Gasteiger partial charge in [0.15, 0.2) is 0 Å². The number of nitrogens with zero attached hydrogens (tertiary/aromatic N) is 2. The van der Waals surface area contributed by atoms with Crippen molar-refractivity contribution in [3.63, 3.8) is 0 Å². The van der Waals surface area contributed by atoms with Gasteiger partial charge in [0.05, 0.1) is 13.7 Å². The summed E-state index contributed by atoms with van der Waals surface area (Å²) in [4.78, 5) is 15.1. The van der Waals surface area contributed by atoms with Crippen LogP contribution in [-0.4, -0.2) is 67.8 Å². The highest BCUT2D eigenvalue weighted by Crippen LogP contribution is 2.31. The minimum Gasteiger partial charge on any atom is -0.497 e. The van der Waals surface area contributed by atoms with Crippen LogP contribution in [0.25, 0.3) is 0 Å².